The summed E-state index contributed by atoms with van der Waals surface area (Å²) in [5.41, 5.74) is 1.33. The van der Waals surface area contributed by atoms with Crippen LogP contribution in [0, 0.1) is 0 Å². The van der Waals surface area contributed by atoms with E-state index in [9.17, 15) is 8.42 Å². The maximum atomic E-state index is 11.5. The second-order valence-corrected chi connectivity index (χ2v) is 5.66. The molecule has 1 heterocycles. The van der Waals surface area contributed by atoms with Crippen molar-refractivity contribution in [3.8, 4) is 0 Å². The average Bonchev–Trinajstić information content (AvgIpc) is 2.60. The zero-order valence-electron chi connectivity index (χ0n) is 7.88. The molecule has 0 saturated heterocycles. The molecule has 0 aliphatic carbocycles. The fourth-order valence-corrected chi connectivity index (χ4v) is 2.35. The number of rotatable bonds is 2. The molecule has 1 aromatic carbocycles. The van der Waals surface area contributed by atoms with Crippen LogP contribution >= 0.6 is 11.6 Å². The highest BCUT2D eigenvalue weighted by Gasteiger charge is 2.14. The Hall–Kier alpha value is -1.14. The first-order valence-corrected chi connectivity index (χ1v) is 6.31. The first-order chi connectivity index (χ1) is 7.04. The minimum atomic E-state index is -3.39. The summed E-state index contributed by atoms with van der Waals surface area (Å²) in [6, 6.07) is 4.64. The molecule has 0 atom stereocenters. The Balaban J connectivity index is 2.67. The van der Waals surface area contributed by atoms with Crippen molar-refractivity contribution < 1.29 is 8.42 Å². The van der Waals surface area contributed by atoms with Gasteiger partial charge in [-0.15, -0.1) is 16.7 Å². The number of hydrogen-bond acceptors (Lipinski definition) is 4. The normalized spacial score (nSPS) is 12.1. The summed E-state index contributed by atoms with van der Waals surface area (Å²) in [6.07, 6.45) is 0. The summed E-state index contributed by atoms with van der Waals surface area (Å²) in [5.74, 6) is 0. The molecule has 2 aromatic rings. The lowest BCUT2D eigenvalue weighted by Crippen LogP contribution is -2.01. The van der Waals surface area contributed by atoms with Crippen molar-refractivity contribution >= 4 is 32.5 Å². The van der Waals surface area contributed by atoms with Crippen LogP contribution in [-0.2, 0) is 16.9 Å². The van der Waals surface area contributed by atoms with Crippen LogP contribution in [0.25, 0.3) is 11.0 Å². The van der Waals surface area contributed by atoms with E-state index in [0.29, 0.717) is 5.52 Å². The predicted molar refractivity (Wildman–Crippen MR) is 56.4 cm³/mol. The number of aromatic nitrogens is 3. The van der Waals surface area contributed by atoms with Crippen molar-refractivity contribution in [3.05, 3.63) is 18.2 Å². The van der Waals surface area contributed by atoms with Gasteiger partial charge in [-0.25, -0.2) is 13.1 Å². The standard InChI is InChI=1S/C8H8ClN3O2S/c1-12-8-3-2-6(15(13,14)5-9)4-7(8)10-11-12/h2-4H,5H2,1H3. The number of aryl methyl sites for hydroxylation is 1. The van der Waals surface area contributed by atoms with Crippen LogP contribution in [-0.4, -0.2) is 28.6 Å². The van der Waals surface area contributed by atoms with Crippen molar-refractivity contribution in [2.45, 2.75) is 4.90 Å². The molecule has 0 saturated carbocycles. The molecule has 7 heteroatoms. The Morgan fingerprint density at radius 3 is 2.87 bits per heavy atom. The molecule has 0 amide bonds. The van der Waals surface area contributed by atoms with E-state index >= 15 is 0 Å². The summed E-state index contributed by atoms with van der Waals surface area (Å²) in [6.45, 7) is 0. The van der Waals surface area contributed by atoms with Gasteiger partial charge in [0.15, 0.2) is 9.84 Å². The van der Waals surface area contributed by atoms with E-state index in [1.807, 2.05) is 0 Å². The highest BCUT2D eigenvalue weighted by Crippen LogP contribution is 2.18. The van der Waals surface area contributed by atoms with Crippen molar-refractivity contribution in [2.75, 3.05) is 5.21 Å². The maximum Gasteiger partial charge on any atom is 0.192 e. The molecule has 2 rings (SSSR count). The fraction of sp³-hybridized carbons (Fsp3) is 0.250. The van der Waals surface area contributed by atoms with Gasteiger partial charge in [0.1, 0.15) is 10.7 Å². The predicted octanol–water partition coefficient (Wildman–Crippen LogP) is 0.938. The van der Waals surface area contributed by atoms with E-state index in [1.54, 1.807) is 17.8 Å². The lowest BCUT2D eigenvalue weighted by molar-refractivity contribution is 0.600. The monoisotopic (exact) mass is 245 g/mol. The van der Waals surface area contributed by atoms with Crippen molar-refractivity contribution in [2.24, 2.45) is 7.05 Å². The third-order valence-corrected chi connectivity index (χ3v) is 4.21. The van der Waals surface area contributed by atoms with Crippen LogP contribution in [0.4, 0.5) is 0 Å². The van der Waals surface area contributed by atoms with Gasteiger partial charge in [-0.1, -0.05) is 5.21 Å². The molecule has 0 bridgehead atoms. The summed E-state index contributed by atoms with van der Waals surface area (Å²) in [7, 11) is -1.65. The van der Waals surface area contributed by atoms with E-state index in [1.165, 1.54) is 12.1 Å². The Kier molecular flexibility index (Phi) is 2.40. The molecular formula is C8H8ClN3O2S. The van der Waals surface area contributed by atoms with Gasteiger partial charge < -0.3 is 0 Å². The number of benzene rings is 1. The first kappa shape index (κ1) is 10.4. The highest BCUT2D eigenvalue weighted by molar-refractivity contribution is 7.92. The molecule has 0 N–H and O–H groups in total. The molecule has 0 spiro atoms. The smallest absolute Gasteiger partial charge is 0.192 e. The Bertz CT molecular complexity index is 605. The molecule has 0 fully saturated rings. The Labute approximate surface area is 91.6 Å². The fourth-order valence-electron chi connectivity index (χ4n) is 1.28. The van der Waals surface area contributed by atoms with Gasteiger partial charge in [-0.05, 0) is 18.2 Å². The third kappa shape index (κ3) is 1.70. The molecule has 0 radical (unpaired) electrons. The molecule has 5 nitrogen and oxygen atoms in total. The van der Waals surface area contributed by atoms with Crippen molar-refractivity contribution in [1.82, 2.24) is 15.0 Å². The molecule has 0 aliphatic heterocycles. The quantitative estimate of drug-likeness (QED) is 0.739. The van der Waals surface area contributed by atoms with Gasteiger partial charge in [-0.2, -0.15) is 0 Å². The molecular weight excluding hydrogens is 238 g/mol. The Morgan fingerprint density at radius 1 is 1.47 bits per heavy atom. The number of hydrogen-bond donors (Lipinski definition) is 0. The van der Waals surface area contributed by atoms with Gasteiger partial charge in [0.05, 0.1) is 10.4 Å². The second-order valence-electron chi connectivity index (χ2n) is 3.09. The minimum absolute atomic E-state index is 0.172. The van der Waals surface area contributed by atoms with Gasteiger partial charge >= 0.3 is 0 Å². The lowest BCUT2D eigenvalue weighted by Gasteiger charge is -1.99. The zero-order valence-corrected chi connectivity index (χ0v) is 9.46. The van der Waals surface area contributed by atoms with Crippen LogP contribution in [0.2, 0.25) is 0 Å². The summed E-state index contributed by atoms with van der Waals surface area (Å²) < 4.78 is 24.5. The Morgan fingerprint density at radius 2 is 2.20 bits per heavy atom. The van der Waals surface area contributed by atoms with Crippen LogP contribution in [0.5, 0.6) is 0 Å². The summed E-state index contributed by atoms with van der Waals surface area (Å²) >= 11 is 5.35. The highest BCUT2D eigenvalue weighted by atomic mass is 35.5. The average molecular weight is 246 g/mol. The number of fused-ring (bicyclic) bond motifs is 1. The number of halogens is 1. The first-order valence-electron chi connectivity index (χ1n) is 4.13. The van der Waals surface area contributed by atoms with Crippen LogP contribution < -0.4 is 0 Å². The van der Waals surface area contributed by atoms with E-state index < -0.39 is 15.0 Å². The van der Waals surface area contributed by atoms with E-state index in [-0.39, 0.29) is 4.90 Å². The SMILES string of the molecule is Cn1nnc2cc(S(=O)(=O)CCl)ccc21. The largest absolute Gasteiger partial charge is 0.248 e. The van der Waals surface area contributed by atoms with Crippen LogP contribution in [0.15, 0.2) is 23.1 Å². The number of alkyl halides is 1. The summed E-state index contributed by atoms with van der Waals surface area (Å²) in [5, 5.41) is 7.18. The maximum absolute atomic E-state index is 11.5. The topological polar surface area (TPSA) is 64.8 Å². The second kappa shape index (κ2) is 3.46. The lowest BCUT2D eigenvalue weighted by atomic mass is 10.3. The van der Waals surface area contributed by atoms with Gasteiger partial charge in [0, 0.05) is 7.05 Å². The summed E-state index contributed by atoms with van der Waals surface area (Å²) in [4.78, 5) is 0.172. The van der Waals surface area contributed by atoms with E-state index in [2.05, 4.69) is 10.3 Å². The minimum Gasteiger partial charge on any atom is -0.248 e. The molecule has 80 valence electrons. The molecule has 0 unspecified atom stereocenters. The van der Waals surface area contributed by atoms with Gasteiger partial charge in [0.2, 0.25) is 0 Å². The van der Waals surface area contributed by atoms with Gasteiger partial charge in [-0.3, -0.25) is 0 Å². The van der Waals surface area contributed by atoms with Crippen LogP contribution in [0.3, 0.4) is 0 Å². The van der Waals surface area contributed by atoms with Crippen LogP contribution in [0.1, 0.15) is 0 Å². The van der Waals surface area contributed by atoms with E-state index in [4.69, 9.17) is 11.6 Å². The number of sulfone groups is 1. The van der Waals surface area contributed by atoms with Crippen molar-refractivity contribution in [3.63, 3.8) is 0 Å². The third-order valence-electron chi connectivity index (χ3n) is 2.08. The van der Waals surface area contributed by atoms with Crippen molar-refractivity contribution in [1.29, 1.82) is 0 Å². The molecule has 0 aliphatic rings. The van der Waals surface area contributed by atoms with Gasteiger partial charge in [0.25, 0.3) is 0 Å². The molecule has 1 aromatic heterocycles. The molecule has 15 heavy (non-hydrogen) atoms. The zero-order chi connectivity index (χ0) is 11.1. The van der Waals surface area contributed by atoms with E-state index in [0.717, 1.165) is 5.52 Å². The number of nitrogens with zero attached hydrogens (tertiary/aromatic N) is 3.